The standard InChI is InChI=1S/C16H26BrN3/c1-4-20-9-7-14(8-10-20)19(3)16-6-5-13(17)11-15(16)12(2)18/h5-6,11-12,14H,4,7-10,18H2,1-3H3. The van der Waals surface area contributed by atoms with Crippen LogP contribution in [0.1, 0.15) is 38.3 Å². The van der Waals surface area contributed by atoms with Crippen LogP contribution in [0, 0.1) is 0 Å². The highest BCUT2D eigenvalue weighted by molar-refractivity contribution is 9.10. The first-order valence-corrected chi connectivity index (χ1v) is 8.32. The van der Waals surface area contributed by atoms with Crippen LogP contribution in [-0.2, 0) is 0 Å². The molecule has 1 aliphatic rings. The molecule has 1 heterocycles. The minimum atomic E-state index is 0.0562. The van der Waals surface area contributed by atoms with Gasteiger partial charge in [0.05, 0.1) is 0 Å². The normalized spacial score (nSPS) is 19.1. The average molecular weight is 340 g/mol. The maximum absolute atomic E-state index is 6.14. The van der Waals surface area contributed by atoms with Gasteiger partial charge in [-0.05, 0) is 50.1 Å². The fourth-order valence-corrected chi connectivity index (χ4v) is 3.41. The Morgan fingerprint density at radius 2 is 2.05 bits per heavy atom. The molecule has 1 saturated heterocycles. The summed E-state index contributed by atoms with van der Waals surface area (Å²) in [6.07, 6.45) is 2.47. The maximum atomic E-state index is 6.14. The fourth-order valence-electron chi connectivity index (χ4n) is 3.03. The van der Waals surface area contributed by atoms with E-state index in [1.807, 2.05) is 0 Å². The lowest BCUT2D eigenvalue weighted by Gasteiger charge is -2.38. The summed E-state index contributed by atoms with van der Waals surface area (Å²) in [6.45, 7) is 7.87. The summed E-state index contributed by atoms with van der Waals surface area (Å²) < 4.78 is 1.10. The van der Waals surface area contributed by atoms with Gasteiger partial charge < -0.3 is 15.5 Å². The van der Waals surface area contributed by atoms with Gasteiger partial charge in [0.1, 0.15) is 0 Å². The Morgan fingerprint density at radius 3 is 2.60 bits per heavy atom. The number of nitrogens with two attached hydrogens (primary N) is 1. The number of nitrogens with zero attached hydrogens (tertiary/aromatic N) is 2. The molecule has 1 aliphatic heterocycles. The van der Waals surface area contributed by atoms with Crippen LogP contribution < -0.4 is 10.6 Å². The second kappa shape index (κ2) is 6.92. The molecule has 2 rings (SSSR count). The second-order valence-electron chi connectivity index (χ2n) is 5.77. The van der Waals surface area contributed by atoms with Crippen molar-refractivity contribution in [2.45, 2.75) is 38.8 Å². The highest BCUT2D eigenvalue weighted by Crippen LogP contribution is 2.31. The van der Waals surface area contributed by atoms with Gasteiger partial charge in [-0.25, -0.2) is 0 Å². The molecule has 2 N–H and O–H groups in total. The van der Waals surface area contributed by atoms with E-state index >= 15 is 0 Å². The van der Waals surface area contributed by atoms with Gasteiger partial charge in [-0.3, -0.25) is 0 Å². The number of halogens is 1. The molecule has 0 aliphatic carbocycles. The van der Waals surface area contributed by atoms with Crippen LogP contribution in [0.4, 0.5) is 5.69 Å². The molecule has 0 amide bonds. The summed E-state index contributed by atoms with van der Waals surface area (Å²) in [7, 11) is 2.21. The van der Waals surface area contributed by atoms with Crippen molar-refractivity contribution in [2.24, 2.45) is 5.73 Å². The van der Waals surface area contributed by atoms with Gasteiger partial charge in [-0.15, -0.1) is 0 Å². The fraction of sp³-hybridized carbons (Fsp3) is 0.625. The summed E-state index contributed by atoms with van der Waals surface area (Å²) in [6, 6.07) is 7.13. The van der Waals surface area contributed by atoms with E-state index in [0.29, 0.717) is 6.04 Å². The third-order valence-corrected chi connectivity index (χ3v) is 4.91. The molecule has 1 fully saturated rings. The van der Waals surface area contributed by atoms with Crippen LogP contribution in [-0.4, -0.2) is 37.6 Å². The number of hydrogen-bond donors (Lipinski definition) is 1. The van der Waals surface area contributed by atoms with Gasteiger partial charge in [0.15, 0.2) is 0 Å². The predicted molar refractivity (Wildman–Crippen MR) is 90.3 cm³/mol. The van der Waals surface area contributed by atoms with Crippen LogP contribution in [0.15, 0.2) is 22.7 Å². The number of likely N-dealkylation sites (tertiary alicyclic amines) is 1. The smallest absolute Gasteiger partial charge is 0.0415 e. The lowest BCUT2D eigenvalue weighted by molar-refractivity contribution is 0.220. The molecule has 0 radical (unpaired) electrons. The van der Waals surface area contributed by atoms with E-state index in [1.165, 1.54) is 43.7 Å². The zero-order chi connectivity index (χ0) is 14.7. The predicted octanol–water partition coefficient (Wildman–Crippen LogP) is 3.39. The molecule has 1 atom stereocenters. The monoisotopic (exact) mass is 339 g/mol. The maximum Gasteiger partial charge on any atom is 0.0415 e. The van der Waals surface area contributed by atoms with E-state index in [1.54, 1.807) is 0 Å². The summed E-state index contributed by atoms with van der Waals surface area (Å²) in [4.78, 5) is 4.95. The van der Waals surface area contributed by atoms with Gasteiger partial charge in [-0.2, -0.15) is 0 Å². The van der Waals surface area contributed by atoms with Crippen LogP contribution in [0.25, 0.3) is 0 Å². The third kappa shape index (κ3) is 3.54. The van der Waals surface area contributed by atoms with E-state index in [2.05, 4.69) is 64.8 Å². The molecule has 4 heteroatoms. The Hall–Kier alpha value is -0.580. The molecule has 20 heavy (non-hydrogen) atoms. The number of hydrogen-bond acceptors (Lipinski definition) is 3. The zero-order valence-electron chi connectivity index (χ0n) is 12.8. The molecule has 112 valence electrons. The van der Waals surface area contributed by atoms with E-state index in [4.69, 9.17) is 5.73 Å². The number of rotatable bonds is 4. The zero-order valence-corrected chi connectivity index (χ0v) is 14.4. The van der Waals surface area contributed by atoms with Gasteiger partial charge in [-0.1, -0.05) is 22.9 Å². The molecular weight excluding hydrogens is 314 g/mol. The van der Waals surface area contributed by atoms with Gasteiger partial charge in [0.25, 0.3) is 0 Å². The van der Waals surface area contributed by atoms with Crippen molar-refractivity contribution in [3.05, 3.63) is 28.2 Å². The highest BCUT2D eigenvalue weighted by atomic mass is 79.9. The van der Waals surface area contributed by atoms with Crippen molar-refractivity contribution in [3.63, 3.8) is 0 Å². The quantitative estimate of drug-likeness (QED) is 0.912. The Balaban J connectivity index is 2.15. The number of piperidine rings is 1. The summed E-state index contributed by atoms with van der Waals surface area (Å²) in [5, 5.41) is 0. The summed E-state index contributed by atoms with van der Waals surface area (Å²) in [5.74, 6) is 0. The topological polar surface area (TPSA) is 32.5 Å². The minimum absolute atomic E-state index is 0.0562. The van der Waals surface area contributed by atoms with Crippen molar-refractivity contribution in [1.29, 1.82) is 0 Å². The Morgan fingerprint density at radius 1 is 1.40 bits per heavy atom. The van der Waals surface area contributed by atoms with E-state index in [9.17, 15) is 0 Å². The molecule has 0 bridgehead atoms. The van der Waals surface area contributed by atoms with Crippen molar-refractivity contribution >= 4 is 21.6 Å². The number of anilines is 1. The third-order valence-electron chi connectivity index (χ3n) is 4.41. The van der Waals surface area contributed by atoms with E-state index < -0.39 is 0 Å². The van der Waals surface area contributed by atoms with E-state index in [0.717, 1.165) is 4.47 Å². The summed E-state index contributed by atoms with van der Waals surface area (Å²) >= 11 is 3.55. The minimum Gasteiger partial charge on any atom is -0.371 e. The molecule has 0 spiro atoms. The van der Waals surface area contributed by atoms with Crippen molar-refractivity contribution in [1.82, 2.24) is 4.90 Å². The first kappa shape index (κ1) is 15.8. The second-order valence-corrected chi connectivity index (χ2v) is 6.68. The van der Waals surface area contributed by atoms with Crippen LogP contribution in [0.3, 0.4) is 0 Å². The largest absolute Gasteiger partial charge is 0.371 e. The molecule has 1 aromatic carbocycles. The first-order chi connectivity index (χ1) is 9.52. The highest BCUT2D eigenvalue weighted by Gasteiger charge is 2.23. The Labute approximate surface area is 131 Å². The van der Waals surface area contributed by atoms with Crippen LogP contribution in [0.2, 0.25) is 0 Å². The van der Waals surface area contributed by atoms with Crippen molar-refractivity contribution < 1.29 is 0 Å². The van der Waals surface area contributed by atoms with Crippen molar-refractivity contribution in [2.75, 3.05) is 31.6 Å². The Kier molecular flexibility index (Phi) is 5.47. The van der Waals surface area contributed by atoms with Gasteiger partial charge >= 0.3 is 0 Å². The molecule has 1 aromatic rings. The SMILES string of the molecule is CCN1CCC(N(C)c2ccc(Br)cc2C(C)N)CC1. The lowest BCUT2D eigenvalue weighted by Crippen LogP contribution is -2.43. The average Bonchev–Trinajstić information content (AvgIpc) is 2.46. The molecule has 0 saturated carbocycles. The van der Waals surface area contributed by atoms with E-state index in [-0.39, 0.29) is 6.04 Å². The molecule has 3 nitrogen and oxygen atoms in total. The van der Waals surface area contributed by atoms with Crippen LogP contribution >= 0.6 is 15.9 Å². The van der Waals surface area contributed by atoms with Crippen LogP contribution in [0.5, 0.6) is 0 Å². The molecule has 0 aromatic heterocycles. The number of benzene rings is 1. The summed E-state index contributed by atoms with van der Waals surface area (Å²) in [5.41, 5.74) is 8.64. The first-order valence-electron chi connectivity index (χ1n) is 7.53. The van der Waals surface area contributed by atoms with Gasteiger partial charge in [0, 0.05) is 42.4 Å². The Bertz CT molecular complexity index is 439. The van der Waals surface area contributed by atoms with Gasteiger partial charge in [0.2, 0.25) is 0 Å². The molecular formula is C16H26BrN3. The molecule has 1 unspecified atom stereocenters. The lowest BCUT2D eigenvalue weighted by atomic mass is 10.00. The van der Waals surface area contributed by atoms with Crippen molar-refractivity contribution in [3.8, 4) is 0 Å².